The first kappa shape index (κ1) is 41.3. The van der Waals surface area contributed by atoms with Crippen molar-refractivity contribution < 1.29 is 41.9 Å². The molecule has 3 rings (SSSR count). The van der Waals surface area contributed by atoms with Crippen LogP contribution in [0.4, 0.5) is 5.69 Å². The maximum atomic E-state index is 14.3. The number of sulfonamides is 1. The molecule has 0 atom stereocenters. The molecule has 0 aliphatic carbocycles. The molecule has 0 radical (unpaired) electrons. The Bertz CT molecular complexity index is 1780. The van der Waals surface area contributed by atoms with Crippen LogP contribution < -0.4 is 15.2 Å². The van der Waals surface area contributed by atoms with Crippen molar-refractivity contribution in [3.05, 3.63) is 55.5 Å². The number of ether oxygens (including phenoxy) is 3. The lowest BCUT2D eigenvalue weighted by molar-refractivity contribution is -0.385. The number of halogens is 1. The molecule has 0 saturated heterocycles. The summed E-state index contributed by atoms with van der Waals surface area (Å²) in [6.07, 6.45) is 11.5. The van der Waals surface area contributed by atoms with Crippen LogP contribution in [0.1, 0.15) is 101 Å². The summed E-state index contributed by atoms with van der Waals surface area (Å²) in [5, 5.41) is 22.5. The Morgan fingerprint density at radius 3 is 1.88 bits per heavy atom. The van der Waals surface area contributed by atoms with Crippen LogP contribution >= 0.6 is 11.6 Å². The number of nitrogens with zero attached hydrogens (tertiary/aromatic N) is 3. The number of carbonyl (C=O) groups is 1. The van der Waals surface area contributed by atoms with E-state index in [2.05, 4.69) is 13.8 Å². The zero-order valence-corrected chi connectivity index (χ0v) is 31.4. The highest BCUT2D eigenvalue weighted by atomic mass is 35.5. The molecule has 0 fully saturated rings. The highest BCUT2D eigenvalue weighted by molar-refractivity contribution is 7.89. The molecule has 0 aliphatic heterocycles. The topological polar surface area (TPSA) is 181 Å². The monoisotopic (exact) mass is 753 g/mol. The summed E-state index contributed by atoms with van der Waals surface area (Å²) in [5.74, 6) is -3.81. The van der Waals surface area contributed by atoms with Crippen LogP contribution in [0.2, 0.25) is 5.02 Å². The Labute approximate surface area is 303 Å². The van der Waals surface area contributed by atoms with Gasteiger partial charge in [-0.15, -0.1) is 0 Å². The fraction of sp³-hybridized carbons (Fsp3) is 0.543. The largest absolute Gasteiger partial charge is 0.496 e. The molecule has 51 heavy (non-hydrogen) atoms. The van der Waals surface area contributed by atoms with Gasteiger partial charge < -0.3 is 23.7 Å². The van der Waals surface area contributed by atoms with Gasteiger partial charge in [-0.3, -0.25) is 10.1 Å². The number of aromatic hydroxyl groups is 1. The first-order chi connectivity index (χ1) is 24.4. The predicted molar refractivity (Wildman–Crippen MR) is 193 cm³/mol. The van der Waals surface area contributed by atoms with E-state index in [0.29, 0.717) is 17.4 Å². The summed E-state index contributed by atoms with van der Waals surface area (Å²) in [7, 11) is -0.782. The summed E-state index contributed by atoms with van der Waals surface area (Å²) in [4.78, 5) is 36.8. The number of non-ortho nitro benzene ring substituents is 1. The summed E-state index contributed by atoms with van der Waals surface area (Å²) in [6.45, 7) is 4.74. The molecule has 1 aromatic heterocycles. The SMILES string of the molecule is CCCCCCCCN(CCCCCCCC)S(=O)(=O)c1cc(Cl)c(-n2c(O)c(-c3c(OC)cc([N+](=O)[O-])cc3OC)oc2=O)cc1C(=O)OC. The Morgan fingerprint density at radius 1 is 0.902 bits per heavy atom. The number of nitro groups is 1. The number of unbranched alkanes of at least 4 members (excludes halogenated alkanes) is 10. The first-order valence-electron chi connectivity index (χ1n) is 17.2. The van der Waals surface area contributed by atoms with Gasteiger partial charge in [0.2, 0.25) is 21.7 Å². The maximum absolute atomic E-state index is 14.3. The molecule has 16 heteroatoms. The molecule has 14 nitrogen and oxygen atoms in total. The third kappa shape index (κ3) is 10.0. The van der Waals surface area contributed by atoms with E-state index in [4.69, 9.17) is 30.2 Å². The maximum Gasteiger partial charge on any atom is 0.427 e. The van der Waals surface area contributed by atoms with Crippen LogP contribution in [-0.2, 0) is 14.8 Å². The van der Waals surface area contributed by atoms with Crippen molar-refractivity contribution >= 4 is 33.3 Å². The molecule has 282 valence electrons. The highest BCUT2D eigenvalue weighted by Gasteiger charge is 2.33. The van der Waals surface area contributed by atoms with Crippen molar-refractivity contribution in [2.45, 2.75) is 95.8 Å². The van der Waals surface area contributed by atoms with Crippen LogP contribution in [0.15, 0.2) is 38.4 Å². The van der Waals surface area contributed by atoms with Crippen LogP contribution in [0.25, 0.3) is 17.0 Å². The fourth-order valence-electron chi connectivity index (χ4n) is 5.80. The quantitative estimate of drug-likeness (QED) is 0.0456. The summed E-state index contributed by atoms with van der Waals surface area (Å²) >= 11 is 6.65. The summed E-state index contributed by atoms with van der Waals surface area (Å²) in [6, 6.07) is 4.20. The molecule has 2 aromatic carbocycles. The Morgan fingerprint density at radius 2 is 1.41 bits per heavy atom. The van der Waals surface area contributed by atoms with Crippen LogP contribution in [0, 0.1) is 10.1 Å². The van der Waals surface area contributed by atoms with Crippen molar-refractivity contribution in [1.29, 1.82) is 0 Å². The minimum Gasteiger partial charge on any atom is -0.496 e. The number of esters is 1. The van der Waals surface area contributed by atoms with Crippen molar-refractivity contribution in [2.75, 3.05) is 34.4 Å². The minimum atomic E-state index is -4.30. The van der Waals surface area contributed by atoms with Crippen molar-refractivity contribution in [1.82, 2.24) is 8.87 Å². The lowest BCUT2D eigenvalue weighted by Crippen LogP contribution is -2.34. The second-order valence-corrected chi connectivity index (χ2v) is 14.4. The fourth-order valence-corrected chi connectivity index (χ4v) is 7.81. The number of rotatable bonds is 22. The molecule has 3 aromatic rings. The molecule has 0 spiro atoms. The number of oxazole rings is 1. The van der Waals surface area contributed by atoms with Crippen LogP contribution in [-0.4, -0.2) is 67.7 Å². The van der Waals surface area contributed by atoms with E-state index in [1.807, 2.05) is 0 Å². The molecule has 0 saturated carbocycles. The Hall–Kier alpha value is -4.08. The number of hydrogen-bond donors (Lipinski definition) is 1. The van der Waals surface area contributed by atoms with Gasteiger partial charge in [-0.25, -0.2) is 22.6 Å². The molecular formula is C35H48ClN3O11S. The van der Waals surface area contributed by atoms with Gasteiger partial charge in [0.1, 0.15) is 17.1 Å². The Balaban J connectivity index is 2.12. The normalized spacial score (nSPS) is 11.6. The third-order valence-corrected chi connectivity index (χ3v) is 10.8. The average molecular weight is 754 g/mol. The van der Waals surface area contributed by atoms with Gasteiger partial charge >= 0.3 is 11.7 Å². The molecule has 0 unspecified atom stereocenters. The predicted octanol–water partition coefficient (Wildman–Crippen LogP) is 7.88. The van der Waals surface area contributed by atoms with Gasteiger partial charge in [0.25, 0.3) is 5.69 Å². The van der Waals surface area contributed by atoms with E-state index in [1.54, 1.807) is 0 Å². The van der Waals surface area contributed by atoms with Gasteiger partial charge in [-0.2, -0.15) is 4.31 Å². The zero-order valence-electron chi connectivity index (χ0n) is 29.9. The second-order valence-electron chi connectivity index (χ2n) is 12.1. The molecule has 1 N–H and O–H groups in total. The van der Waals surface area contributed by atoms with Gasteiger partial charge in [0.15, 0.2) is 0 Å². The van der Waals surface area contributed by atoms with E-state index in [0.717, 1.165) is 95.6 Å². The second kappa shape index (κ2) is 19.5. The first-order valence-corrected chi connectivity index (χ1v) is 19.0. The van der Waals surface area contributed by atoms with Gasteiger partial charge in [0.05, 0.1) is 59.6 Å². The number of benzene rings is 2. The number of aromatic nitrogens is 1. The summed E-state index contributed by atoms with van der Waals surface area (Å²) < 4.78 is 51.5. The standard InChI is InChI=1S/C35H48ClN3O11S/c1-6-8-10-12-14-16-18-37(19-17-15-13-11-9-7-2)51(45,46)30-23-26(36)27(22-25(30)34(41)49-5)38-33(40)32(50-35(38)42)31-28(47-3)20-24(39(43)44)21-29(31)48-4/h20-23,40H,6-19H2,1-5H3. The number of carbonyl (C=O) groups excluding carboxylic acids is 1. The van der Waals surface area contributed by atoms with E-state index < -0.39 is 54.5 Å². The summed E-state index contributed by atoms with van der Waals surface area (Å²) in [5.41, 5.74) is -1.21. The van der Waals surface area contributed by atoms with Crippen LogP contribution in [0.3, 0.4) is 0 Å². The number of methoxy groups -OCH3 is 3. The van der Waals surface area contributed by atoms with Crippen molar-refractivity contribution in [2.24, 2.45) is 0 Å². The third-order valence-electron chi connectivity index (χ3n) is 8.55. The number of nitro benzene ring substituents is 1. The van der Waals surface area contributed by atoms with E-state index in [1.165, 1.54) is 18.5 Å². The average Bonchev–Trinajstić information content (AvgIpc) is 3.40. The van der Waals surface area contributed by atoms with Gasteiger partial charge in [-0.1, -0.05) is 89.7 Å². The lowest BCUT2D eigenvalue weighted by Gasteiger charge is -2.24. The number of hydrogen-bond acceptors (Lipinski definition) is 11. The smallest absolute Gasteiger partial charge is 0.427 e. The Kier molecular flexibility index (Phi) is 15.8. The van der Waals surface area contributed by atoms with Crippen LogP contribution in [0.5, 0.6) is 17.4 Å². The van der Waals surface area contributed by atoms with Gasteiger partial charge in [0, 0.05) is 13.1 Å². The van der Waals surface area contributed by atoms with E-state index >= 15 is 0 Å². The molecule has 0 aliphatic rings. The lowest BCUT2D eigenvalue weighted by atomic mass is 10.1. The molecule has 0 amide bonds. The van der Waals surface area contributed by atoms with E-state index in [9.17, 15) is 33.2 Å². The van der Waals surface area contributed by atoms with Crippen molar-refractivity contribution in [3.8, 4) is 34.4 Å². The van der Waals surface area contributed by atoms with Crippen molar-refractivity contribution in [3.63, 3.8) is 0 Å². The molecule has 1 heterocycles. The van der Waals surface area contributed by atoms with E-state index in [-0.39, 0.29) is 40.9 Å². The molecular weight excluding hydrogens is 706 g/mol. The highest BCUT2D eigenvalue weighted by Crippen LogP contribution is 2.45. The zero-order chi connectivity index (χ0) is 37.7. The molecule has 0 bridgehead atoms. The minimum absolute atomic E-state index is 0.123. The van der Waals surface area contributed by atoms with Gasteiger partial charge in [-0.05, 0) is 25.0 Å².